The fourth-order valence-electron chi connectivity index (χ4n) is 1.07. The first kappa shape index (κ1) is 11.8. The molecule has 0 atom stereocenters. The van der Waals surface area contributed by atoms with Gasteiger partial charge in [0.05, 0.1) is 5.75 Å². The molecule has 0 saturated carbocycles. The SMILES string of the molecule is CCCC(=O)CSc1ccccc1Br. The summed E-state index contributed by atoms with van der Waals surface area (Å²) in [4.78, 5) is 12.4. The first-order valence-electron chi connectivity index (χ1n) is 4.63. The quantitative estimate of drug-likeness (QED) is 0.756. The van der Waals surface area contributed by atoms with E-state index in [0.29, 0.717) is 18.0 Å². The molecule has 0 unspecified atom stereocenters. The van der Waals surface area contributed by atoms with E-state index in [2.05, 4.69) is 15.9 Å². The van der Waals surface area contributed by atoms with Gasteiger partial charge < -0.3 is 0 Å². The van der Waals surface area contributed by atoms with E-state index < -0.39 is 0 Å². The molecule has 76 valence electrons. The number of rotatable bonds is 5. The number of hydrogen-bond acceptors (Lipinski definition) is 2. The first-order valence-corrected chi connectivity index (χ1v) is 6.41. The molecule has 0 radical (unpaired) electrons. The minimum absolute atomic E-state index is 0.327. The Bertz CT molecular complexity index is 312. The van der Waals surface area contributed by atoms with E-state index in [9.17, 15) is 4.79 Å². The zero-order chi connectivity index (χ0) is 10.4. The highest BCUT2D eigenvalue weighted by Crippen LogP contribution is 2.27. The van der Waals surface area contributed by atoms with Crippen molar-refractivity contribution in [1.82, 2.24) is 0 Å². The van der Waals surface area contributed by atoms with Crippen molar-refractivity contribution in [2.45, 2.75) is 24.7 Å². The third kappa shape index (κ3) is 3.84. The molecule has 14 heavy (non-hydrogen) atoms. The van der Waals surface area contributed by atoms with Crippen molar-refractivity contribution in [2.24, 2.45) is 0 Å². The molecule has 1 aromatic carbocycles. The molecule has 0 aliphatic heterocycles. The van der Waals surface area contributed by atoms with Crippen LogP contribution in [0.25, 0.3) is 0 Å². The largest absolute Gasteiger partial charge is 0.299 e. The monoisotopic (exact) mass is 272 g/mol. The maximum absolute atomic E-state index is 11.3. The van der Waals surface area contributed by atoms with Crippen molar-refractivity contribution in [1.29, 1.82) is 0 Å². The van der Waals surface area contributed by atoms with Crippen LogP contribution in [-0.4, -0.2) is 11.5 Å². The second-order valence-corrected chi connectivity index (χ2v) is 4.88. The summed E-state index contributed by atoms with van der Waals surface area (Å²) in [5, 5.41) is 0. The van der Waals surface area contributed by atoms with Crippen molar-refractivity contribution >= 4 is 33.5 Å². The van der Waals surface area contributed by atoms with Gasteiger partial charge in [0.2, 0.25) is 0 Å². The topological polar surface area (TPSA) is 17.1 Å². The Morgan fingerprint density at radius 2 is 2.14 bits per heavy atom. The molecule has 1 rings (SSSR count). The Morgan fingerprint density at radius 3 is 2.79 bits per heavy atom. The summed E-state index contributed by atoms with van der Waals surface area (Å²) in [5.41, 5.74) is 0. The predicted octanol–water partition coefficient (Wildman–Crippen LogP) is 3.91. The van der Waals surface area contributed by atoms with Crippen LogP contribution in [0.15, 0.2) is 33.6 Å². The average Bonchev–Trinajstić information content (AvgIpc) is 2.17. The Hall–Kier alpha value is -0.280. The fourth-order valence-corrected chi connectivity index (χ4v) is 2.54. The lowest BCUT2D eigenvalue weighted by molar-refractivity contribution is -0.116. The summed E-state index contributed by atoms with van der Waals surface area (Å²) in [6.07, 6.45) is 1.63. The lowest BCUT2D eigenvalue weighted by Gasteiger charge is -2.02. The van der Waals surface area contributed by atoms with Gasteiger partial charge in [0.1, 0.15) is 5.78 Å². The molecule has 0 bridgehead atoms. The molecule has 0 saturated heterocycles. The summed E-state index contributed by atoms with van der Waals surface area (Å²) in [5.74, 6) is 0.907. The molecule has 1 aromatic rings. The Labute approximate surface area is 97.4 Å². The maximum atomic E-state index is 11.3. The molecule has 0 N–H and O–H groups in total. The highest BCUT2D eigenvalue weighted by molar-refractivity contribution is 9.10. The molecule has 0 heterocycles. The third-order valence-corrected chi connectivity index (χ3v) is 3.84. The number of carbonyl (C=O) groups excluding carboxylic acids is 1. The smallest absolute Gasteiger partial charge is 0.143 e. The van der Waals surface area contributed by atoms with Gasteiger partial charge in [-0.25, -0.2) is 0 Å². The van der Waals surface area contributed by atoms with Crippen molar-refractivity contribution in [2.75, 3.05) is 5.75 Å². The molecule has 0 aromatic heterocycles. The normalized spacial score (nSPS) is 10.1. The minimum Gasteiger partial charge on any atom is -0.299 e. The number of carbonyl (C=O) groups is 1. The summed E-state index contributed by atoms with van der Waals surface area (Å²) >= 11 is 5.05. The summed E-state index contributed by atoms with van der Waals surface area (Å²) in [6.45, 7) is 2.03. The summed E-state index contributed by atoms with van der Waals surface area (Å²) < 4.78 is 1.06. The van der Waals surface area contributed by atoms with Crippen LogP contribution in [0.3, 0.4) is 0 Å². The number of thioether (sulfide) groups is 1. The third-order valence-electron chi connectivity index (χ3n) is 1.75. The molecule has 0 amide bonds. The van der Waals surface area contributed by atoms with Crippen LogP contribution in [0.1, 0.15) is 19.8 Å². The summed E-state index contributed by atoms with van der Waals surface area (Å²) in [7, 11) is 0. The van der Waals surface area contributed by atoms with E-state index in [4.69, 9.17) is 0 Å². The number of Topliss-reactive ketones (excluding diaryl/α,β-unsaturated/α-hetero) is 1. The fraction of sp³-hybridized carbons (Fsp3) is 0.364. The van der Waals surface area contributed by atoms with E-state index in [1.807, 2.05) is 31.2 Å². The number of benzene rings is 1. The number of ketones is 1. The van der Waals surface area contributed by atoms with Crippen LogP contribution < -0.4 is 0 Å². The van der Waals surface area contributed by atoms with Crippen LogP contribution in [-0.2, 0) is 4.79 Å². The van der Waals surface area contributed by atoms with Crippen molar-refractivity contribution in [3.05, 3.63) is 28.7 Å². The molecule has 0 fully saturated rings. The van der Waals surface area contributed by atoms with Crippen molar-refractivity contribution in [3.63, 3.8) is 0 Å². The van der Waals surface area contributed by atoms with Gasteiger partial charge in [-0.15, -0.1) is 11.8 Å². The molecule has 3 heteroatoms. The highest BCUT2D eigenvalue weighted by Gasteiger charge is 2.03. The van der Waals surface area contributed by atoms with Gasteiger partial charge in [0.15, 0.2) is 0 Å². The van der Waals surface area contributed by atoms with Crippen LogP contribution in [0, 0.1) is 0 Å². The number of halogens is 1. The Kier molecular flexibility index (Phi) is 5.26. The van der Waals surface area contributed by atoms with Crippen molar-refractivity contribution in [3.8, 4) is 0 Å². The Morgan fingerprint density at radius 1 is 1.43 bits per heavy atom. The second-order valence-electron chi connectivity index (χ2n) is 3.01. The van der Waals surface area contributed by atoms with Crippen molar-refractivity contribution < 1.29 is 4.79 Å². The van der Waals surface area contributed by atoms with Gasteiger partial charge in [-0.2, -0.15) is 0 Å². The van der Waals surface area contributed by atoms with E-state index in [1.165, 1.54) is 0 Å². The van der Waals surface area contributed by atoms with Gasteiger partial charge in [-0.05, 0) is 34.5 Å². The summed E-state index contributed by atoms with van der Waals surface area (Å²) in [6, 6.07) is 7.97. The predicted molar refractivity (Wildman–Crippen MR) is 64.8 cm³/mol. The molecular weight excluding hydrogens is 260 g/mol. The van der Waals surface area contributed by atoms with Gasteiger partial charge >= 0.3 is 0 Å². The molecule has 0 spiro atoms. The maximum Gasteiger partial charge on any atom is 0.143 e. The minimum atomic E-state index is 0.327. The van der Waals surface area contributed by atoms with E-state index in [0.717, 1.165) is 15.8 Å². The molecular formula is C11H13BrOS. The lowest BCUT2D eigenvalue weighted by atomic mass is 10.3. The van der Waals surface area contributed by atoms with Crippen LogP contribution in [0.2, 0.25) is 0 Å². The zero-order valence-electron chi connectivity index (χ0n) is 8.13. The average molecular weight is 273 g/mol. The first-order chi connectivity index (χ1) is 6.74. The van der Waals surface area contributed by atoms with Crippen LogP contribution in [0.4, 0.5) is 0 Å². The van der Waals surface area contributed by atoms with E-state index in [1.54, 1.807) is 11.8 Å². The standard InChI is InChI=1S/C11H13BrOS/c1-2-5-9(13)8-14-11-7-4-3-6-10(11)12/h3-4,6-7H,2,5,8H2,1H3. The molecule has 0 aliphatic rings. The number of hydrogen-bond donors (Lipinski definition) is 0. The van der Waals surface area contributed by atoms with Gasteiger partial charge in [-0.3, -0.25) is 4.79 Å². The van der Waals surface area contributed by atoms with Gasteiger partial charge in [-0.1, -0.05) is 19.1 Å². The Balaban J connectivity index is 2.46. The lowest BCUT2D eigenvalue weighted by Crippen LogP contribution is -1.99. The van der Waals surface area contributed by atoms with Crippen LogP contribution in [0.5, 0.6) is 0 Å². The van der Waals surface area contributed by atoms with Crippen LogP contribution >= 0.6 is 27.7 Å². The molecule has 1 nitrogen and oxygen atoms in total. The molecule has 0 aliphatic carbocycles. The van der Waals surface area contributed by atoms with E-state index in [-0.39, 0.29) is 0 Å². The highest BCUT2D eigenvalue weighted by atomic mass is 79.9. The second kappa shape index (κ2) is 6.25. The van der Waals surface area contributed by atoms with E-state index >= 15 is 0 Å². The zero-order valence-corrected chi connectivity index (χ0v) is 10.5. The van der Waals surface area contributed by atoms with Gasteiger partial charge in [0, 0.05) is 15.8 Å². The van der Waals surface area contributed by atoms with Gasteiger partial charge in [0.25, 0.3) is 0 Å².